The molecule has 0 aliphatic carbocycles. The number of nitrogens with zero attached hydrogens (tertiary/aromatic N) is 1. The van der Waals surface area contributed by atoms with Gasteiger partial charge in [-0.05, 0) is 56.8 Å². The lowest BCUT2D eigenvalue weighted by molar-refractivity contribution is 0.273. The summed E-state index contributed by atoms with van der Waals surface area (Å²) in [6.45, 7) is 4.05. The fraction of sp³-hybridized carbons (Fsp3) is 0.368. The smallest absolute Gasteiger partial charge is 0.261 e. The van der Waals surface area contributed by atoms with E-state index in [9.17, 15) is 8.42 Å². The van der Waals surface area contributed by atoms with Crippen molar-refractivity contribution in [3.05, 3.63) is 54.1 Å². The van der Waals surface area contributed by atoms with Crippen molar-refractivity contribution in [2.45, 2.75) is 29.1 Å². The molecule has 0 spiro atoms. The maximum Gasteiger partial charge on any atom is 0.261 e. The standard InChI is InChI=1S/C19H24BrN3O2S/c1-14-8-9-15(22-26(24,25)16-6-4-3-5-7-16)12-19(14)21-18-10-11-23(2)13-17(18)20/h3-9,12,17-18,21-22H,10-11,13H2,1-2H3. The van der Waals surface area contributed by atoms with Crippen LogP contribution < -0.4 is 10.0 Å². The van der Waals surface area contributed by atoms with Crippen molar-refractivity contribution < 1.29 is 8.42 Å². The maximum atomic E-state index is 12.5. The van der Waals surface area contributed by atoms with Crippen molar-refractivity contribution in [3.63, 3.8) is 0 Å². The molecule has 0 bridgehead atoms. The molecule has 2 aromatic carbocycles. The van der Waals surface area contributed by atoms with Crippen LogP contribution in [0.1, 0.15) is 12.0 Å². The van der Waals surface area contributed by atoms with E-state index in [1.165, 1.54) is 0 Å². The van der Waals surface area contributed by atoms with Crippen LogP contribution in [0.3, 0.4) is 0 Å². The first kappa shape index (κ1) is 19.2. The SMILES string of the molecule is Cc1ccc(NS(=O)(=O)c2ccccc2)cc1NC1CCN(C)CC1Br. The van der Waals surface area contributed by atoms with E-state index in [2.05, 4.69) is 37.9 Å². The summed E-state index contributed by atoms with van der Waals surface area (Å²) in [5.74, 6) is 0. The van der Waals surface area contributed by atoms with E-state index in [-0.39, 0.29) is 4.90 Å². The number of nitrogens with one attached hydrogen (secondary N) is 2. The summed E-state index contributed by atoms with van der Waals surface area (Å²) in [5, 5.41) is 3.58. The third kappa shape index (κ3) is 4.58. The van der Waals surface area contributed by atoms with Gasteiger partial charge in [0.15, 0.2) is 0 Å². The number of hydrogen-bond donors (Lipinski definition) is 2. The summed E-state index contributed by atoms with van der Waals surface area (Å²) in [7, 11) is -1.47. The average molecular weight is 438 g/mol. The number of halogens is 1. The molecule has 3 rings (SSSR count). The predicted octanol–water partition coefficient (Wildman–Crippen LogP) is 3.68. The Kier molecular flexibility index (Phi) is 5.89. The number of anilines is 2. The third-order valence-corrected chi connectivity index (χ3v) is 6.95. The Morgan fingerprint density at radius 1 is 1.15 bits per heavy atom. The monoisotopic (exact) mass is 437 g/mol. The number of rotatable bonds is 5. The van der Waals surface area contributed by atoms with Gasteiger partial charge in [-0.15, -0.1) is 0 Å². The van der Waals surface area contributed by atoms with Crippen LogP contribution in [0, 0.1) is 6.92 Å². The summed E-state index contributed by atoms with van der Waals surface area (Å²) in [6.07, 6.45) is 1.03. The molecule has 26 heavy (non-hydrogen) atoms. The summed E-state index contributed by atoms with van der Waals surface area (Å²) < 4.78 is 27.7. The minimum Gasteiger partial charge on any atom is -0.381 e. The molecule has 1 fully saturated rings. The van der Waals surface area contributed by atoms with Gasteiger partial charge >= 0.3 is 0 Å². The molecule has 2 N–H and O–H groups in total. The molecule has 0 radical (unpaired) electrons. The normalized spacial score (nSPS) is 21.3. The summed E-state index contributed by atoms with van der Waals surface area (Å²) in [5.41, 5.74) is 2.60. The van der Waals surface area contributed by atoms with E-state index < -0.39 is 10.0 Å². The summed E-state index contributed by atoms with van der Waals surface area (Å²) >= 11 is 3.76. The Morgan fingerprint density at radius 3 is 2.58 bits per heavy atom. The highest BCUT2D eigenvalue weighted by Gasteiger charge is 2.26. The van der Waals surface area contributed by atoms with Gasteiger partial charge in [-0.1, -0.05) is 40.2 Å². The van der Waals surface area contributed by atoms with E-state index >= 15 is 0 Å². The van der Waals surface area contributed by atoms with Crippen molar-refractivity contribution in [2.24, 2.45) is 0 Å². The number of benzene rings is 2. The topological polar surface area (TPSA) is 61.4 Å². The zero-order valence-electron chi connectivity index (χ0n) is 14.9. The van der Waals surface area contributed by atoms with Crippen LogP contribution in [-0.4, -0.2) is 44.3 Å². The first-order valence-corrected chi connectivity index (χ1v) is 11.0. The van der Waals surface area contributed by atoms with Crippen molar-refractivity contribution in [3.8, 4) is 0 Å². The van der Waals surface area contributed by atoms with Crippen LogP contribution in [0.15, 0.2) is 53.4 Å². The molecular weight excluding hydrogens is 414 g/mol. The van der Waals surface area contributed by atoms with Crippen molar-refractivity contribution in [2.75, 3.05) is 30.2 Å². The molecule has 2 atom stereocenters. The molecule has 1 heterocycles. The molecular formula is C19H24BrN3O2S. The van der Waals surface area contributed by atoms with E-state index in [0.29, 0.717) is 16.6 Å². The number of sulfonamides is 1. The van der Waals surface area contributed by atoms with Gasteiger partial charge in [-0.2, -0.15) is 0 Å². The van der Waals surface area contributed by atoms with Crippen molar-refractivity contribution in [1.29, 1.82) is 0 Å². The number of hydrogen-bond acceptors (Lipinski definition) is 4. The molecule has 1 aliphatic heterocycles. The van der Waals surface area contributed by atoms with Crippen LogP contribution in [0.4, 0.5) is 11.4 Å². The molecule has 5 nitrogen and oxygen atoms in total. The lowest BCUT2D eigenvalue weighted by Crippen LogP contribution is -2.45. The zero-order chi connectivity index (χ0) is 18.7. The molecule has 140 valence electrons. The lowest BCUT2D eigenvalue weighted by atomic mass is 10.0. The molecule has 7 heteroatoms. The van der Waals surface area contributed by atoms with Gasteiger partial charge < -0.3 is 10.2 Å². The number of aryl methyl sites for hydroxylation is 1. The average Bonchev–Trinajstić information content (AvgIpc) is 2.61. The van der Waals surface area contributed by atoms with Gasteiger partial charge in [-0.3, -0.25) is 4.72 Å². The zero-order valence-corrected chi connectivity index (χ0v) is 17.3. The Bertz CT molecular complexity index is 858. The number of alkyl halides is 1. The minimum atomic E-state index is -3.59. The second-order valence-corrected chi connectivity index (χ2v) is 9.62. The van der Waals surface area contributed by atoms with E-state index in [1.807, 2.05) is 19.1 Å². The first-order valence-electron chi connectivity index (χ1n) is 8.63. The molecule has 1 aliphatic rings. The highest BCUT2D eigenvalue weighted by Crippen LogP contribution is 2.27. The minimum absolute atomic E-state index is 0.255. The first-order chi connectivity index (χ1) is 12.3. The fourth-order valence-electron chi connectivity index (χ4n) is 3.07. The van der Waals surface area contributed by atoms with Gasteiger partial charge in [0.2, 0.25) is 0 Å². The van der Waals surface area contributed by atoms with Crippen LogP contribution >= 0.6 is 15.9 Å². The molecule has 1 saturated heterocycles. The number of likely N-dealkylation sites (tertiary alicyclic amines) is 1. The second-order valence-electron chi connectivity index (χ2n) is 6.77. The quantitative estimate of drug-likeness (QED) is 0.700. The maximum absolute atomic E-state index is 12.5. The van der Waals surface area contributed by atoms with Crippen LogP contribution in [0.5, 0.6) is 0 Å². The largest absolute Gasteiger partial charge is 0.381 e. The van der Waals surface area contributed by atoms with Gasteiger partial charge in [0.25, 0.3) is 10.0 Å². The predicted molar refractivity (Wildman–Crippen MR) is 111 cm³/mol. The second kappa shape index (κ2) is 7.98. The Morgan fingerprint density at radius 2 is 1.88 bits per heavy atom. The van der Waals surface area contributed by atoms with Crippen LogP contribution in [0.2, 0.25) is 0 Å². The van der Waals surface area contributed by atoms with Crippen LogP contribution in [-0.2, 0) is 10.0 Å². The summed E-state index contributed by atoms with van der Waals surface area (Å²) in [6, 6.07) is 14.3. The molecule has 2 aromatic rings. The highest BCUT2D eigenvalue weighted by atomic mass is 79.9. The molecule has 0 amide bonds. The van der Waals surface area contributed by atoms with Gasteiger partial charge in [0, 0.05) is 23.1 Å². The van der Waals surface area contributed by atoms with E-state index in [0.717, 1.165) is 30.8 Å². The number of piperidine rings is 1. The highest BCUT2D eigenvalue weighted by molar-refractivity contribution is 9.09. The molecule has 0 saturated carbocycles. The molecule has 0 aromatic heterocycles. The van der Waals surface area contributed by atoms with E-state index in [4.69, 9.17) is 0 Å². The third-order valence-electron chi connectivity index (χ3n) is 4.63. The Labute approximate surface area is 164 Å². The van der Waals surface area contributed by atoms with Crippen LogP contribution in [0.25, 0.3) is 0 Å². The van der Waals surface area contributed by atoms with E-state index in [1.54, 1.807) is 36.4 Å². The Hall–Kier alpha value is -1.57. The van der Waals surface area contributed by atoms with Gasteiger partial charge in [-0.25, -0.2) is 8.42 Å². The van der Waals surface area contributed by atoms with Gasteiger partial charge in [0.1, 0.15) is 0 Å². The van der Waals surface area contributed by atoms with Crippen molar-refractivity contribution >= 4 is 37.3 Å². The van der Waals surface area contributed by atoms with Gasteiger partial charge in [0.05, 0.1) is 10.6 Å². The Balaban J connectivity index is 1.78. The lowest BCUT2D eigenvalue weighted by Gasteiger charge is -2.35. The van der Waals surface area contributed by atoms with Crippen molar-refractivity contribution in [1.82, 2.24) is 4.90 Å². The fourth-order valence-corrected chi connectivity index (χ4v) is 5.04. The molecule has 2 unspecified atom stereocenters. The summed E-state index contributed by atoms with van der Waals surface area (Å²) in [4.78, 5) is 2.91.